The second-order valence-electron chi connectivity index (χ2n) is 12.8. The number of pyridine rings is 1. The molecule has 2 fully saturated rings. The molecule has 3 aromatic rings. The first-order valence-electron chi connectivity index (χ1n) is 17.3. The number of likely N-dealkylation sites (N-methyl/N-ethyl adjacent to an activating group) is 1. The minimum Gasteiger partial charge on any atom is -0.377 e. The van der Waals surface area contributed by atoms with Crippen LogP contribution in [0.15, 0.2) is 42.6 Å². The number of carbonyl (C=O) groups is 4. The molecule has 5 rings (SSSR count). The molecule has 272 valence electrons. The van der Waals surface area contributed by atoms with E-state index in [-0.39, 0.29) is 69.3 Å². The number of likely N-dealkylation sites (tertiary alicyclic amines) is 2. The predicted octanol–water partition coefficient (Wildman–Crippen LogP) is 1.62. The highest BCUT2D eigenvalue weighted by molar-refractivity contribution is 7.16. The summed E-state index contributed by atoms with van der Waals surface area (Å²) in [6, 6.07) is 11.0. The number of hydrogen-bond donors (Lipinski definition) is 3. The van der Waals surface area contributed by atoms with Crippen LogP contribution in [0.3, 0.4) is 0 Å². The van der Waals surface area contributed by atoms with Crippen molar-refractivity contribution in [2.24, 2.45) is 11.7 Å². The van der Waals surface area contributed by atoms with E-state index in [1.54, 1.807) is 30.4 Å². The van der Waals surface area contributed by atoms with Crippen molar-refractivity contribution in [1.29, 1.82) is 0 Å². The largest absolute Gasteiger partial charge is 0.377 e. The molecule has 14 nitrogen and oxygen atoms in total. The Morgan fingerprint density at radius 2 is 1.66 bits per heavy atom. The third-order valence-electron chi connectivity index (χ3n) is 9.40. The van der Waals surface area contributed by atoms with Gasteiger partial charge in [-0.05, 0) is 51.6 Å². The number of ether oxygens (including phenoxy) is 3. The Kier molecular flexibility index (Phi) is 13.7. The minimum absolute atomic E-state index is 0.00133. The zero-order chi connectivity index (χ0) is 35.5. The van der Waals surface area contributed by atoms with Gasteiger partial charge in [-0.3, -0.25) is 28.1 Å². The number of nitrogens with two attached hydrogens (primary N) is 1. The summed E-state index contributed by atoms with van der Waals surface area (Å²) in [5.74, 6) is -1.05. The summed E-state index contributed by atoms with van der Waals surface area (Å²) in [6.45, 7) is 4.87. The summed E-state index contributed by atoms with van der Waals surface area (Å²) in [5.41, 5.74) is 8.10. The number of rotatable bonds is 18. The molecule has 0 unspecified atom stereocenters. The van der Waals surface area contributed by atoms with Crippen LogP contribution in [0.25, 0.3) is 21.5 Å². The zero-order valence-corrected chi connectivity index (χ0v) is 29.7. The maximum absolute atomic E-state index is 14.4. The molecular weight excluding hydrogens is 662 g/mol. The fourth-order valence-corrected chi connectivity index (χ4v) is 7.57. The SMILES string of the molecule is CN[C@@H](C)C(=O)N[C@H](C(=O)N1CCC[C@H]1Cn1sc2ccnc(-c3ccccc3)c21)C1CCN(C(=O)COCCOCCOCC(N)=O)CC1. The molecular formula is C35H49N7O7S. The van der Waals surface area contributed by atoms with E-state index in [1.807, 2.05) is 35.4 Å². The van der Waals surface area contributed by atoms with Gasteiger partial charge in [0.05, 0.1) is 61.0 Å². The van der Waals surface area contributed by atoms with Crippen LogP contribution >= 0.6 is 11.5 Å². The van der Waals surface area contributed by atoms with Crippen molar-refractivity contribution in [2.45, 2.75) is 57.3 Å². The van der Waals surface area contributed by atoms with Gasteiger partial charge >= 0.3 is 0 Å². The molecule has 0 spiro atoms. The number of aromatic nitrogens is 2. The number of fused-ring (bicyclic) bond motifs is 1. The number of primary amides is 1. The van der Waals surface area contributed by atoms with Crippen LogP contribution in [-0.2, 0) is 39.9 Å². The molecule has 0 bridgehead atoms. The van der Waals surface area contributed by atoms with Crippen molar-refractivity contribution in [3.63, 3.8) is 0 Å². The van der Waals surface area contributed by atoms with E-state index < -0.39 is 18.0 Å². The maximum Gasteiger partial charge on any atom is 0.248 e. The van der Waals surface area contributed by atoms with Crippen molar-refractivity contribution < 1.29 is 33.4 Å². The molecule has 2 aliphatic heterocycles. The van der Waals surface area contributed by atoms with Gasteiger partial charge in [-0.2, -0.15) is 0 Å². The summed E-state index contributed by atoms with van der Waals surface area (Å²) in [5, 5.41) is 6.06. The smallest absolute Gasteiger partial charge is 0.248 e. The lowest BCUT2D eigenvalue weighted by molar-refractivity contribution is -0.141. The third-order valence-corrected chi connectivity index (χ3v) is 10.5. The van der Waals surface area contributed by atoms with Crippen LogP contribution in [-0.4, -0.2) is 127 Å². The highest BCUT2D eigenvalue weighted by Crippen LogP contribution is 2.35. The van der Waals surface area contributed by atoms with E-state index in [4.69, 9.17) is 24.9 Å². The predicted molar refractivity (Wildman–Crippen MR) is 189 cm³/mol. The van der Waals surface area contributed by atoms with Crippen molar-refractivity contribution in [3.8, 4) is 11.3 Å². The van der Waals surface area contributed by atoms with E-state index >= 15 is 0 Å². The Bertz CT molecular complexity index is 1570. The van der Waals surface area contributed by atoms with Gasteiger partial charge in [-0.15, -0.1) is 0 Å². The normalized spacial score (nSPS) is 18.0. The molecule has 4 N–H and O–H groups in total. The fourth-order valence-electron chi connectivity index (χ4n) is 6.53. The second kappa shape index (κ2) is 18.4. The summed E-state index contributed by atoms with van der Waals surface area (Å²) in [7, 11) is 1.72. The molecule has 2 aliphatic rings. The lowest BCUT2D eigenvalue weighted by Crippen LogP contribution is -2.58. The molecule has 50 heavy (non-hydrogen) atoms. The van der Waals surface area contributed by atoms with Crippen molar-refractivity contribution >= 4 is 45.4 Å². The Balaban J connectivity index is 1.17. The first-order valence-corrected chi connectivity index (χ1v) is 18.1. The summed E-state index contributed by atoms with van der Waals surface area (Å²) in [6.07, 6.45) is 4.80. The summed E-state index contributed by atoms with van der Waals surface area (Å²) >= 11 is 1.68. The van der Waals surface area contributed by atoms with Crippen molar-refractivity contribution in [2.75, 3.05) is 66.3 Å². The van der Waals surface area contributed by atoms with Crippen molar-refractivity contribution in [1.82, 2.24) is 29.4 Å². The summed E-state index contributed by atoms with van der Waals surface area (Å²) < 4.78 is 19.3. The zero-order valence-electron chi connectivity index (χ0n) is 28.9. The van der Waals surface area contributed by atoms with Gasteiger partial charge in [-0.1, -0.05) is 41.9 Å². The fraction of sp³-hybridized carbons (Fsp3) is 0.571. The van der Waals surface area contributed by atoms with Gasteiger partial charge in [0.2, 0.25) is 23.6 Å². The Morgan fingerprint density at radius 3 is 2.36 bits per heavy atom. The molecule has 0 aliphatic carbocycles. The molecule has 4 amide bonds. The van der Waals surface area contributed by atoms with E-state index in [2.05, 4.69) is 26.7 Å². The third kappa shape index (κ3) is 9.66. The molecule has 4 heterocycles. The van der Waals surface area contributed by atoms with E-state index in [0.717, 1.165) is 29.6 Å². The Hall–Kier alpha value is -3.89. The van der Waals surface area contributed by atoms with E-state index in [1.165, 1.54) is 4.70 Å². The highest BCUT2D eigenvalue weighted by Gasteiger charge is 2.40. The number of amides is 4. The number of carbonyl (C=O) groups excluding carboxylic acids is 4. The molecule has 0 saturated carbocycles. The average molecular weight is 712 g/mol. The highest BCUT2D eigenvalue weighted by atomic mass is 32.1. The van der Waals surface area contributed by atoms with Gasteiger partial charge in [0.1, 0.15) is 19.3 Å². The van der Waals surface area contributed by atoms with Gasteiger partial charge in [0, 0.05) is 31.4 Å². The maximum atomic E-state index is 14.4. The number of piperidine rings is 1. The quantitative estimate of drug-likeness (QED) is 0.166. The van der Waals surface area contributed by atoms with Gasteiger partial charge < -0.3 is 40.4 Å². The number of benzene rings is 1. The van der Waals surface area contributed by atoms with Crippen LogP contribution in [0.2, 0.25) is 0 Å². The van der Waals surface area contributed by atoms with Crippen LogP contribution in [0, 0.1) is 5.92 Å². The second-order valence-corrected chi connectivity index (χ2v) is 13.8. The van der Waals surface area contributed by atoms with Crippen LogP contribution in [0.4, 0.5) is 0 Å². The first-order chi connectivity index (χ1) is 24.3. The molecule has 15 heteroatoms. The average Bonchev–Trinajstić information content (AvgIpc) is 3.59. The monoisotopic (exact) mass is 711 g/mol. The van der Waals surface area contributed by atoms with Crippen LogP contribution < -0.4 is 16.4 Å². The standard InChI is InChI=1S/C35H49N7O7S/c1-24(37-2)34(45)39-32(26-11-15-40(16-12-26)30(44)23-49-20-18-47-17-19-48-22-29(36)43)35(46)41-14-6-9-27(41)21-42-33-28(50-42)10-13-38-31(33)25-7-4-3-5-8-25/h3-5,7-8,10,13,24,26-27,32,37H,6,9,11-12,14-23H2,1-2H3,(H2,36,43)(H,39,45)/t24-,27-,32-/m0/s1. The molecule has 2 aromatic heterocycles. The van der Waals surface area contributed by atoms with Crippen LogP contribution in [0.5, 0.6) is 0 Å². The molecule has 2 saturated heterocycles. The van der Waals surface area contributed by atoms with Gasteiger partial charge in [0.15, 0.2) is 0 Å². The topological polar surface area (TPSA) is 170 Å². The van der Waals surface area contributed by atoms with Crippen molar-refractivity contribution in [3.05, 3.63) is 42.6 Å². The minimum atomic E-state index is -0.686. The lowest BCUT2D eigenvalue weighted by Gasteiger charge is -2.38. The lowest BCUT2D eigenvalue weighted by atomic mass is 9.88. The Morgan fingerprint density at radius 1 is 0.960 bits per heavy atom. The summed E-state index contributed by atoms with van der Waals surface area (Å²) in [4.78, 5) is 59.5. The molecule has 1 aromatic carbocycles. The van der Waals surface area contributed by atoms with E-state index in [9.17, 15) is 19.2 Å². The van der Waals surface area contributed by atoms with Crippen LogP contribution in [0.1, 0.15) is 32.6 Å². The first kappa shape index (κ1) is 37.4. The van der Waals surface area contributed by atoms with Gasteiger partial charge in [-0.25, -0.2) is 0 Å². The molecule has 3 atom stereocenters. The number of nitrogens with one attached hydrogen (secondary N) is 2. The molecule has 0 radical (unpaired) electrons. The van der Waals surface area contributed by atoms with Gasteiger partial charge in [0.25, 0.3) is 0 Å². The number of nitrogens with zero attached hydrogens (tertiary/aromatic N) is 4. The number of hydrogen-bond acceptors (Lipinski definition) is 10. The Labute approximate surface area is 296 Å². The van der Waals surface area contributed by atoms with E-state index in [0.29, 0.717) is 39.0 Å².